The predicted octanol–water partition coefficient (Wildman–Crippen LogP) is 1.53. The number of hydrogen-bond donors (Lipinski definition) is 0. The highest BCUT2D eigenvalue weighted by Gasteiger charge is 2.24. The van der Waals surface area contributed by atoms with Gasteiger partial charge in [0, 0.05) is 7.05 Å². The van der Waals surface area contributed by atoms with Crippen LogP contribution in [0, 0.1) is 18.3 Å². The normalized spacial score (nSPS) is 13.4. The summed E-state index contributed by atoms with van der Waals surface area (Å²) in [5, 5.41) is 8.70. The Hall–Kier alpha value is -1.38. The van der Waals surface area contributed by atoms with Gasteiger partial charge in [0.05, 0.1) is 11.0 Å². The molecule has 86 valence electrons. The summed E-state index contributed by atoms with van der Waals surface area (Å²) in [6, 6.07) is 7.79. The van der Waals surface area contributed by atoms with Gasteiger partial charge in [-0.25, -0.2) is 8.42 Å². The van der Waals surface area contributed by atoms with Crippen molar-refractivity contribution >= 4 is 10.0 Å². The van der Waals surface area contributed by atoms with Crippen LogP contribution in [0.3, 0.4) is 0 Å². The van der Waals surface area contributed by atoms with E-state index in [4.69, 9.17) is 5.26 Å². The molecule has 0 aliphatic rings. The first-order chi connectivity index (χ1) is 7.39. The quantitative estimate of drug-likeness (QED) is 0.802. The number of nitriles is 1. The molecule has 0 fully saturated rings. The Bertz CT molecular complexity index is 500. The zero-order valence-corrected chi connectivity index (χ0v) is 10.3. The van der Waals surface area contributed by atoms with E-state index in [1.807, 2.05) is 13.0 Å². The number of nitrogens with zero attached hydrogens (tertiary/aromatic N) is 2. The number of benzene rings is 1. The predicted molar refractivity (Wildman–Crippen MR) is 61.2 cm³/mol. The minimum absolute atomic E-state index is 0.211. The van der Waals surface area contributed by atoms with E-state index in [1.165, 1.54) is 7.05 Å². The van der Waals surface area contributed by atoms with Crippen LogP contribution in [0.5, 0.6) is 0 Å². The SMILES string of the molecule is Cc1ccc(S(=O)(=O)N(C)C(C)C#N)cc1. The second kappa shape index (κ2) is 4.64. The van der Waals surface area contributed by atoms with Gasteiger partial charge < -0.3 is 0 Å². The lowest BCUT2D eigenvalue weighted by atomic mass is 10.2. The van der Waals surface area contributed by atoms with E-state index in [9.17, 15) is 8.42 Å². The van der Waals surface area contributed by atoms with Gasteiger partial charge >= 0.3 is 0 Å². The van der Waals surface area contributed by atoms with E-state index >= 15 is 0 Å². The van der Waals surface area contributed by atoms with Crippen molar-refractivity contribution in [2.75, 3.05) is 7.05 Å². The molecule has 0 bridgehead atoms. The lowest BCUT2D eigenvalue weighted by Crippen LogP contribution is -2.34. The van der Waals surface area contributed by atoms with Crippen LogP contribution in [0.4, 0.5) is 0 Å². The fourth-order valence-electron chi connectivity index (χ4n) is 1.17. The van der Waals surface area contributed by atoms with Gasteiger partial charge in [0.2, 0.25) is 10.0 Å². The number of sulfonamides is 1. The van der Waals surface area contributed by atoms with Gasteiger partial charge in [-0.15, -0.1) is 0 Å². The molecule has 1 unspecified atom stereocenters. The van der Waals surface area contributed by atoms with Crippen LogP contribution in [0.1, 0.15) is 12.5 Å². The van der Waals surface area contributed by atoms with Gasteiger partial charge in [-0.3, -0.25) is 0 Å². The highest BCUT2D eigenvalue weighted by molar-refractivity contribution is 7.89. The molecular weight excluding hydrogens is 224 g/mol. The molecule has 0 aliphatic heterocycles. The monoisotopic (exact) mass is 238 g/mol. The summed E-state index contributed by atoms with van der Waals surface area (Å²) in [5.41, 5.74) is 0.995. The molecule has 0 saturated carbocycles. The molecule has 0 aliphatic carbocycles. The average Bonchev–Trinajstić information content (AvgIpc) is 2.27. The van der Waals surface area contributed by atoms with Crippen molar-refractivity contribution in [2.24, 2.45) is 0 Å². The molecule has 1 atom stereocenters. The van der Waals surface area contributed by atoms with E-state index < -0.39 is 16.1 Å². The number of hydrogen-bond acceptors (Lipinski definition) is 3. The van der Waals surface area contributed by atoms with Crippen molar-refractivity contribution in [3.05, 3.63) is 29.8 Å². The number of rotatable bonds is 3. The summed E-state index contributed by atoms with van der Waals surface area (Å²) in [4.78, 5) is 0.211. The molecule has 0 amide bonds. The third-order valence-corrected chi connectivity index (χ3v) is 4.37. The average molecular weight is 238 g/mol. The van der Waals surface area contributed by atoms with Crippen LogP contribution in [-0.2, 0) is 10.0 Å². The molecule has 0 spiro atoms. The van der Waals surface area contributed by atoms with Crippen molar-refractivity contribution in [2.45, 2.75) is 24.8 Å². The van der Waals surface area contributed by atoms with Crippen LogP contribution < -0.4 is 0 Å². The zero-order chi connectivity index (χ0) is 12.3. The molecule has 0 heterocycles. The summed E-state index contributed by atoms with van der Waals surface area (Å²) >= 11 is 0. The molecule has 1 aromatic rings. The van der Waals surface area contributed by atoms with Crippen molar-refractivity contribution in [3.8, 4) is 6.07 Å². The summed E-state index contributed by atoms with van der Waals surface area (Å²) in [6.07, 6.45) is 0. The topological polar surface area (TPSA) is 61.2 Å². The second-order valence-electron chi connectivity index (χ2n) is 3.64. The Morgan fingerprint density at radius 2 is 1.81 bits per heavy atom. The van der Waals surface area contributed by atoms with Crippen molar-refractivity contribution in [1.29, 1.82) is 5.26 Å². The number of aryl methyl sites for hydroxylation is 1. The molecule has 0 N–H and O–H groups in total. The Morgan fingerprint density at radius 1 is 1.31 bits per heavy atom. The summed E-state index contributed by atoms with van der Waals surface area (Å²) < 4.78 is 25.1. The Kier molecular flexibility index (Phi) is 3.68. The van der Waals surface area contributed by atoms with Crippen LogP contribution in [-0.4, -0.2) is 25.8 Å². The fourth-order valence-corrected chi connectivity index (χ4v) is 2.44. The van der Waals surface area contributed by atoms with Gasteiger partial charge in [-0.05, 0) is 26.0 Å². The van der Waals surface area contributed by atoms with Crippen LogP contribution in [0.25, 0.3) is 0 Å². The van der Waals surface area contributed by atoms with Gasteiger partial charge in [0.1, 0.15) is 6.04 Å². The van der Waals surface area contributed by atoms with Crippen molar-refractivity contribution < 1.29 is 8.42 Å². The third-order valence-electron chi connectivity index (χ3n) is 2.43. The Balaban J connectivity index is 3.13. The van der Waals surface area contributed by atoms with E-state index in [-0.39, 0.29) is 4.90 Å². The van der Waals surface area contributed by atoms with E-state index in [1.54, 1.807) is 31.2 Å². The molecule has 5 heteroatoms. The molecular formula is C11H14N2O2S. The highest BCUT2D eigenvalue weighted by Crippen LogP contribution is 2.16. The lowest BCUT2D eigenvalue weighted by Gasteiger charge is -2.19. The minimum atomic E-state index is -3.56. The fraction of sp³-hybridized carbons (Fsp3) is 0.364. The maximum Gasteiger partial charge on any atom is 0.243 e. The molecule has 0 radical (unpaired) electrons. The second-order valence-corrected chi connectivity index (χ2v) is 5.64. The standard InChI is InChI=1S/C11H14N2O2S/c1-9-4-6-11(7-5-9)16(14,15)13(3)10(2)8-12/h4-7,10H,1-3H3. The molecule has 4 nitrogen and oxygen atoms in total. The van der Waals surface area contributed by atoms with Gasteiger partial charge in [0.15, 0.2) is 0 Å². The minimum Gasteiger partial charge on any atom is -0.207 e. The molecule has 1 rings (SSSR count). The maximum absolute atomic E-state index is 12.0. The highest BCUT2D eigenvalue weighted by atomic mass is 32.2. The van der Waals surface area contributed by atoms with Crippen LogP contribution >= 0.6 is 0 Å². The zero-order valence-electron chi connectivity index (χ0n) is 9.51. The third kappa shape index (κ3) is 2.40. The first kappa shape index (κ1) is 12.7. The molecule has 1 aromatic carbocycles. The first-order valence-corrected chi connectivity index (χ1v) is 6.28. The van der Waals surface area contributed by atoms with Crippen LogP contribution in [0.2, 0.25) is 0 Å². The summed E-state index contributed by atoms with van der Waals surface area (Å²) in [7, 11) is -2.15. The smallest absolute Gasteiger partial charge is 0.207 e. The summed E-state index contributed by atoms with van der Waals surface area (Å²) in [5.74, 6) is 0. The first-order valence-electron chi connectivity index (χ1n) is 4.84. The van der Waals surface area contributed by atoms with Gasteiger partial charge in [-0.2, -0.15) is 9.57 Å². The Labute approximate surface area is 96.2 Å². The summed E-state index contributed by atoms with van der Waals surface area (Å²) in [6.45, 7) is 3.43. The van der Waals surface area contributed by atoms with Crippen molar-refractivity contribution in [3.63, 3.8) is 0 Å². The van der Waals surface area contributed by atoms with E-state index in [0.717, 1.165) is 9.87 Å². The molecule has 16 heavy (non-hydrogen) atoms. The molecule has 0 aromatic heterocycles. The lowest BCUT2D eigenvalue weighted by molar-refractivity contribution is 0.442. The van der Waals surface area contributed by atoms with Gasteiger partial charge in [0.25, 0.3) is 0 Å². The van der Waals surface area contributed by atoms with Gasteiger partial charge in [-0.1, -0.05) is 17.7 Å². The largest absolute Gasteiger partial charge is 0.243 e. The maximum atomic E-state index is 12.0. The van der Waals surface area contributed by atoms with E-state index in [2.05, 4.69) is 0 Å². The van der Waals surface area contributed by atoms with Crippen molar-refractivity contribution in [1.82, 2.24) is 4.31 Å². The van der Waals surface area contributed by atoms with Crippen LogP contribution in [0.15, 0.2) is 29.2 Å². The van der Waals surface area contributed by atoms with E-state index in [0.29, 0.717) is 0 Å². The molecule has 0 saturated heterocycles. The Morgan fingerprint density at radius 3 is 2.25 bits per heavy atom.